The van der Waals surface area contributed by atoms with Crippen LogP contribution in [0.2, 0.25) is 0 Å². The van der Waals surface area contributed by atoms with E-state index in [0.29, 0.717) is 12.6 Å². The van der Waals surface area contributed by atoms with Crippen molar-refractivity contribution in [2.45, 2.75) is 25.9 Å². The summed E-state index contributed by atoms with van der Waals surface area (Å²) in [6.07, 6.45) is 0. The zero-order valence-electron chi connectivity index (χ0n) is 7.29. The predicted molar refractivity (Wildman–Crippen MR) is 43.5 cm³/mol. The highest BCUT2D eigenvalue weighted by Crippen LogP contribution is 2.09. The van der Waals surface area contributed by atoms with Gasteiger partial charge in [-0.25, -0.2) is 0 Å². The molecule has 0 saturated carbocycles. The molecule has 0 aromatic rings. The van der Waals surface area contributed by atoms with Crippen LogP contribution >= 0.6 is 0 Å². The van der Waals surface area contributed by atoms with Crippen molar-refractivity contribution in [1.29, 1.82) is 0 Å². The van der Waals surface area contributed by atoms with Gasteiger partial charge in [-0.2, -0.15) is 0 Å². The summed E-state index contributed by atoms with van der Waals surface area (Å²) in [5.41, 5.74) is 0. The van der Waals surface area contributed by atoms with E-state index in [1.807, 2.05) is 0 Å². The summed E-state index contributed by atoms with van der Waals surface area (Å²) in [4.78, 5) is 2.28. The van der Waals surface area contributed by atoms with Gasteiger partial charge in [0.15, 0.2) is 0 Å². The van der Waals surface area contributed by atoms with Crippen LogP contribution in [-0.2, 0) is 4.74 Å². The van der Waals surface area contributed by atoms with Gasteiger partial charge in [0.1, 0.15) is 0 Å². The molecule has 1 atom stereocenters. The molecule has 0 bridgehead atoms. The molecule has 0 spiro atoms. The van der Waals surface area contributed by atoms with E-state index >= 15 is 0 Å². The fourth-order valence-corrected chi connectivity index (χ4v) is 1.51. The van der Waals surface area contributed by atoms with Crippen LogP contribution < -0.4 is 0 Å². The zero-order chi connectivity index (χ0) is 8.27. The summed E-state index contributed by atoms with van der Waals surface area (Å²) in [6.45, 7) is 6.92. The minimum atomic E-state index is 0.207. The molecule has 1 aliphatic rings. The van der Waals surface area contributed by atoms with E-state index in [-0.39, 0.29) is 12.6 Å². The van der Waals surface area contributed by atoms with Crippen molar-refractivity contribution < 1.29 is 9.84 Å². The van der Waals surface area contributed by atoms with E-state index in [1.165, 1.54) is 0 Å². The third kappa shape index (κ3) is 2.15. The second-order valence-corrected chi connectivity index (χ2v) is 3.24. The van der Waals surface area contributed by atoms with E-state index < -0.39 is 0 Å². The van der Waals surface area contributed by atoms with Crippen molar-refractivity contribution in [3.63, 3.8) is 0 Å². The lowest BCUT2D eigenvalue weighted by Gasteiger charge is -2.37. The molecule has 0 aromatic carbocycles. The Morgan fingerprint density at radius 1 is 1.64 bits per heavy atom. The largest absolute Gasteiger partial charge is 0.395 e. The molecular formula is C8H17NO2. The molecule has 1 fully saturated rings. The van der Waals surface area contributed by atoms with Crippen LogP contribution in [0.1, 0.15) is 13.8 Å². The molecule has 1 N–H and O–H groups in total. The minimum Gasteiger partial charge on any atom is -0.395 e. The third-order valence-electron chi connectivity index (χ3n) is 2.15. The standard InChI is InChI=1S/C8H17NO2/c1-7(2)9-3-4-11-6-8(9)5-10/h7-8,10H,3-6H2,1-2H3/t8-/m1/s1. The summed E-state index contributed by atoms with van der Waals surface area (Å²) in [6, 6.07) is 0.722. The first-order chi connectivity index (χ1) is 5.25. The van der Waals surface area contributed by atoms with Gasteiger partial charge in [-0.05, 0) is 13.8 Å². The van der Waals surface area contributed by atoms with Crippen molar-refractivity contribution in [3.05, 3.63) is 0 Å². The first-order valence-electron chi connectivity index (χ1n) is 4.20. The lowest BCUT2D eigenvalue weighted by molar-refractivity contribution is -0.0409. The van der Waals surface area contributed by atoms with E-state index in [1.54, 1.807) is 0 Å². The average molecular weight is 159 g/mol. The number of hydrogen-bond acceptors (Lipinski definition) is 3. The minimum absolute atomic E-state index is 0.207. The SMILES string of the molecule is CC(C)N1CCOC[C@H]1CO. The lowest BCUT2D eigenvalue weighted by Crippen LogP contribution is -2.50. The molecule has 3 heteroatoms. The number of nitrogens with zero attached hydrogens (tertiary/aromatic N) is 1. The van der Waals surface area contributed by atoms with E-state index in [2.05, 4.69) is 18.7 Å². The smallest absolute Gasteiger partial charge is 0.0644 e. The Morgan fingerprint density at radius 2 is 2.36 bits per heavy atom. The molecule has 11 heavy (non-hydrogen) atoms. The number of aliphatic hydroxyl groups excluding tert-OH is 1. The molecule has 3 nitrogen and oxygen atoms in total. The summed E-state index contributed by atoms with van der Waals surface area (Å²) in [5, 5.41) is 8.99. The van der Waals surface area contributed by atoms with Crippen LogP contribution in [0.5, 0.6) is 0 Å². The predicted octanol–water partition coefficient (Wildman–Crippen LogP) is 0.0879. The number of morpholine rings is 1. The molecule has 66 valence electrons. The highest BCUT2D eigenvalue weighted by molar-refractivity contribution is 4.76. The summed E-state index contributed by atoms with van der Waals surface area (Å²) >= 11 is 0. The average Bonchev–Trinajstić information content (AvgIpc) is 2.04. The zero-order valence-corrected chi connectivity index (χ0v) is 7.29. The Kier molecular flexibility index (Phi) is 3.30. The maximum atomic E-state index is 8.99. The Bertz CT molecular complexity index is 117. The van der Waals surface area contributed by atoms with Gasteiger partial charge in [0.25, 0.3) is 0 Å². The topological polar surface area (TPSA) is 32.7 Å². The lowest BCUT2D eigenvalue weighted by atomic mass is 10.2. The number of rotatable bonds is 2. The summed E-state index contributed by atoms with van der Waals surface area (Å²) in [7, 11) is 0. The van der Waals surface area contributed by atoms with Gasteiger partial charge in [-0.3, -0.25) is 4.90 Å². The van der Waals surface area contributed by atoms with Gasteiger partial charge in [0, 0.05) is 12.6 Å². The summed E-state index contributed by atoms with van der Waals surface area (Å²) < 4.78 is 5.25. The first kappa shape index (κ1) is 8.97. The molecule has 0 amide bonds. The molecule has 1 rings (SSSR count). The molecule has 0 unspecified atom stereocenters. The van der Waals surface area contributed by atoms with Crippen LogP contribution in [0.4, 0.5) is 0 Å². The van der Waals surface area contributed by atoms with Gasteiger partial charge in [-0.15, -0.1) is 0 Å². The molecular weight excluding hydrogens is 142 g/mol. The molecule has 1 saturated heterocycles. The van der Waals surface area contributed by atoms with Crippen molar-refractivity contribution in [1.82, 2.24) is 4.90 Å². The molecule has 0 radical (unpaired) electrons. The quantitative estimate of drug-likeness (QED) is 0.619. The number of aliphatic hydroxyl groups is 1. The van der Waals surface area contributed by atoms with Gasteiger partial charge in [0.2, 0.25) is 0 Å². The summed E-state index contributed by atoms with van der Waals surface area (Å²) in [5.74, 6) is 0. The van der Waals surface area contributed by atoms with E-state index in [0.717, 1.165) is 13.2 Å². The van der Waals surface area contributed by atoms with Crippen molar-refractivity contribution >= 4 is 0 Å². The normalized spacial score (nSPS) is 27.8. The Balaban J connectivity index is 2.44. The molecule has 0 aromatic heterocycles. The van der Waals surface area contributed by atoms with Crippen LogP contribution in [0.15, 0.2) is 0 Å². The fraction of sp³-hybridized carbons (Fsp3) is 1.00. The molecule has 1 aliphatic heterocycles. The third-order valence-corrected chi connectivity index (χ3v) is 2.15. The Hall–Kier alpha value is -0.120. The maximum Gasteiger partial charge on any atom is 0.0644 e. The van der Waals surface area contributed by atoms with Crippen LogP contribution in [0.3, 0.4) is 0 Å². The first-order valence-corrected chi connectivity index (χ1v) is 4.20. The second-order valence-electron chi connectivity index (χ2n) is 3.24. The Morgan fingerprint density at radius 3 is 2.82 bits per heavy atom. The van der Waals surface area contributed by atoms with Gasteiger partial charge in [-0.1, -0.05) is 0 Å². The van der Waals surface area contributed by atoms with Crippen molar-refractivity contribution in [3.8, 4) is 0 Å². The molecule has 1 heterocycles. The van der Waals surface area contributed by atoms with Gasteiger partial charge < -0.3 is 9.84 Å². The van der Waals surface area contributed by atoms with Crippen molar-refractivity contribution in [2.24, 2.45) is 0 Å². The highest BCUT2D eigenvalue weighted by atomic mass is 16.5. The monoisotopic (exact) mass is 159 g/mol. The van der Waals surface area contributed by atoms with E-state index in [9.17, 15) is 0 Å². The Labute approximate surface area is 68.0 Å². The number of hydrogen-bond donors (Lipinski definition) is 1. The van der Waals surface area contributed by atoms with Crippen LogP contribution in [0.25, 0.3) is 0 Å². The molecule has 0 aliphatic carbocycles. The second kappa shape index (κ2) is 4.04. The van der Waals surface area contributed by atoms with Crippen LogP contribution in [0, 0.1) is 0 Å². The van der Waals surface area contributed by atoms with Gasteiger partial charge >= 0.3 is 0 Å². The van der Waals surface area contributed by atoms with Gasteiger partial charge in [0.05, 0.1) is 25.9 Å². The highest BCUT2D eigenvalue weighted by Gasteiger charge is 2.23. The maximum absolute atomic E-state index is 8.99. The van der Waals surface area contributed by atoms with Crippen molar-refractivity contribution in [2.75, 3.05) is 26.4 Å². The van der Waals surface area contributed by atoms with Crippen LogP contribution in [-0.4, -0.2) is 48.5 Å². The number of ether oxygens (including phenoxy) is 1. The fourth-order valence-electron chi connectivity index (χ4n) is 1.51. The van der Waals surface area contributed by atoms with E-state index in [4.69, 9.17) is 9.84 Å².